The Balaban J connectivity index is 1.80. The van der Waals surface area contributed by atoms with Crippen LogP contribution in [0.2, 0.25) is 0 Å². The van der Waals surface area contributed by atoms with Crippen molar-refractivity contribution < 1.29 is 22.3 Å². The molecule has 0 saturated carbocycles. The fourth-order valence-corrected chi connectivity index (χ4v) is 3.94. The number of hydrogen-bond acceptors (Lipinski definition) is 4. The lowest BCUT2D eigenvalue weighted by atomic mass is 10.0. The van der Waals surface area contributed by atoms with Crippen molar-refractivity contribution in [3.8, 4) is 5.75 Å². The molecule has 0 bridgehead atoms. The lowest BCUT2D eigenvalue weighted by Gasteiger charge is -2.30. The van der Waals surface area contributed by atoms with Gasteiger partial charge in [-0.15, -0.1) is 0 Å². The molecule has 2 aromatic rings. The normalized spacial score (nSPS) is 14.1. The highest BCUT2D eigenvalue weighted by molar-refractivity contribution is 7.89. The van der Waals surface area contributed by atoms with Gasteiger partial charge in [-0.05, 0) is 48.7 Å². The molecule has 0 N–H and O–H groups in total. The van der Waals surface area contributed by atoms with Gasteiger partial charge in [0, 0.05) is 26.3 Å². The van der Waals surface area contributed by atoms with Crippen molar-refractivity contribution in [2.45, 2.75) is 17.7 Å². The molecule has 27 heavy (non-hydrogen) atoms. The van der Waals surface area contributed by atoms with E-state index in [1.54, 1.807) is 29.2 Å². The first kappa shape index (κ1) is 19.3. The molecule has 0 saturated heterocycles. The number of sulfonamides is 1. The highest BCUT2D eigenvalue weighted by Gasteiger charge is 2.26. The third kappa shape index (κ3) is 3.96. The van der Waals surface area contributed by atoms with Crippen LogP contribution in [0.5, 0.6) is 5.75 Å². The van der Waals surface area contributed by atoms with Crippen molar-refractivity contribution in [2.75, 3.05) is 32.1 Å². The molecule has 1 heterocycles. The second kappa shape index (κ2) is 7.66. The summed E-state index contributed by atoms with van der Waals surface area (Å²) in [7, 11) is -0.582. The standard InChI is InChI=1S/C19H21FN2O4S/c1-21(2)27(24,25)15-9-10-17-14(12-15)6-5-11-22(17)19(23)13-26-18-8-4-3-7-16(18)20/h3-4,7-10,12H,5-6,11,13H2,1-2H3. The van der Waals surface area contributed by atoms with Gasteiger partial charge in [-0.2, -0.15) is 0 Å². The second-order valence-electron chi connectivity index (χ2n) is 6.45. The molecule has 0 aromatic heterocycles. The molecular weight excluding hydrogens is 371 g/mol. The molecule has 144 valence electrons. The van der Waals surface area contributed by atoms with Crippen LogP contribution < -0.4 is 9.64 Å². The van der Waals surface area contributed by atoms with Gasteiger partial charge in [0.25, 0.3) is 5.91 Å². The molecule has 0 unspecified atom stereocenters. The van der Waals surface area contributed by atoms with Crippen LogP contribution >= 0.6 is 0 Å². The van der Waals surface area contributed by atoms with Crippen LogP contribution in [0.25, 0.3) is 0 Å². The van der Waals surface area contributed by atoms with Gasteiger partial charge in [-0.1, -0.05) is 12.1 Å². The summed E-state index contributed by atoms with van der Waals surface area (Å²) in [6.07, 6.45) is 1.40. The number of amides is 1. The van der Waals surface area contributed by atoms with E-state index in [1.165, 1.54) is 32.3 Å². The van der Waals surface area contributed by atoms with Gasteiger partial charge in [-0.3, -0.25) is 4.79 Å². The molecule has 1 aliphatic rings. The van der Waals surface area contributed by atoms with Gasteiger partial charge < -0.3 is 9.64 Å². The Hall–Kier alpha value is -2.45. The Labute approximate surface area is 158 Å². The lowest BCUT2D eigenvalue weighted by molar-refractivity contribution is -0.120. The minimum atomic E-state index is -3.54. The molecular formula is C19H21FN2O4S. The van der Waals surface area contributed by atoms with Crippen molar-refractivity contribution in [1.29, 1.82) is 0 Å². The first-order valence-electron chi connectivity index (χ1n) is 8.54. The number of rotatable bonds is 5. The van der Waals surface area contributed by atoms with Crippen LogP contribution in [0.4, 0.5) is 10.1 Å². The molecule has 8 heteroatoms. The number of carbonyl (C=O) groups excluding carboxylic acids is 1. The van der Waals surface area contributed by atoms with E-state index >= 15 is 0 Å². The van der Waals surface area contributed by atoms with Gasteiger partial charge in [0.15, 0.2) is 18.2 Å². The number of para-hydroxylation sites is 1. The maximum Gasteiger partial charge on any atom is 0.264 e. The van der Waals surface area contributed by atoms with Crippen LogP contribution in [0.3, 0.4) is 0 Å². The quantitative estimate of drug-likeness (QED) is 0.784. The predicted molar refractivity (Wildman–Crippen MR) is 99.9 cm³/mol. The van der Waals surface area contributed by atoms with E-state index in [2.05, 4.69) is 0 Å². The average Bonchev–Trinajstić information content (AvgIpc) is 2.66. The molecule has 6 nitrogen and oxygen atoms in total. The van der Waals surface area contributed by atoms with Gasteiger partial charge in [0.05, 0.1) is 4.90 Å². The minimum absolute atomic E-state index is 0.0236. The topological polar surface area (TPSA) is 66.9 Å². The largest absolute Gasteiger partial charge is 0.481 e. The Morgan fingerprint density at radius 1 is 1.22 bits per heavy atom. The van der Waals surface area contributed by atoms with Crippen LogP contribution in [0.15, 0.2) is 47.4 Å². The average molecular weight is 392 g/mol. The predicted octanol–water partition coefficient (Wildman–Crippen LogP) is 2.43. The monoisotopic (exact) mass is 392 g/mol. The highest BCUT2D eigenvalue weighted by Crippen LogP contribution is 2.30. The zero-order valence-corrected chi connectivity index (χ0v) is 16.0. The summed E-state index contributed by atoms with van der Waals surface area (Å²) in [4.78, 5) is 14.3. The lowest BCUT2D eigenvalue weighted by Crippen LogP contribution is -2.38. The third-order valence-corrected chi connectivity index (χ3v) is 6.25. The second-order valence-corrected chi connectivity index (χ2v) is 8.60. The van der Waals surface area contributed by atoms with Crippen molar-refractivity contribution in [1.82, 2.24) is 4.31 Å². The van der Waals surface area contributed by atoms with Crippen molar-refractivity contribution in [3.63, 3.8) is 0 Å². The van der Waals surface area contributed by atoms with Gasteiger partial charge >= 0.3 is 0 Å². The Bertz CT molecular complexity index is 960. The number of aryl methyl sites for hydroxylation is 1. The zero-order chi connectivity index (χ0) is 19.6. The number of ether oxygens (including phenoxy) is 1. The molecule has 1 amide bonds. The Morgan fingerprint density at radius 3 is 2.67 bits per heavy atom. The SMILES string of the molecule is CN(C)S(=O)(=O)c1ccc2c(c1)CCCN2C(=O)COc1ccccc1F. The van der Waals surface area contributed by atoms with Crippen molar-refractivity contribution in [2.24, 2.45) is 0 Å². The summed E-state index contributed by atoms with van der Waals surface area (Å²) in [6.45, 7) is 0.213. The van der Waals surface area contributed by atoms with E-state index in [0.29, 0.717) is 25.1 Å². The fraction of sp³-hybridized carbons (Fsp3) is 0.316. The molecule has 2 aromatic carbocycles. The molecule has 0 fully saturated rings. The van der Waals surface area contributed by atoms with Gasteiger partial charge in [0.1, 0.15) is 0 Å². The fourth-order valence-electron chi connectivity index (χ4n) is 2.98. The maximum atomic E-state index is 13.6. The van der Waals surface area contributed by atoms with Crippen LogP contribution in [-0.2, 0) is 21.2 Å². The van der Waals surface area contributed by atoms with E-state index in [9.17, 15) is 17.6 Å². The number of nitrogens with zero attached hydrogens (tertiary/aromatic N) is 2. The first-order valence-corrected chi connectivity index (χ1v) is 9.98. The summed E-state index contributed by atoms with van der Waals surface area (Å²) in [5, 5.41) is 0. The number of halogens is 1. The number of hydrogen-bond donors (Lipinski definition) is 0. The summed E-state index contributed by atoms with van der Waals surface area (Å²) in [5.41, 5.74) is 1.46. The van der Waals surface area contributed by atoms with E-state index in [0.717, 1.165) is 9.87 Å². The summed E-state index contributed by atoms with van der Waals surface area (Å²) < 4.78 is 44.7. The first-order chi connectivity index (χ1) is 12.8. The highest BCUT2D eigenvalue weighted by atomic mass is 32.2. The van der Waals surface area contributed by atoms with E-state index in [4.69, 9.17) is 4.74 Å². The Kier molecular flexibility index (Phi) is 5.48. The maximum absolute atomic E-state index is 13.6. The van der Waals surface area contributed by atoms with E-state index in [1.807, 2.05) is 0 Å². The van der Waals surface area contributed by atoms with Crippen molar-refractivity contribution >= 4 is 21.6 Å². The number of fused-ring (bicyclic) bond motifs is 1. The molecule has 0 radical (unpaired) electrons. The van der Waals surface area contributed by atoms with Crippen LogP contribution in [-0.4, -0.2) is 45.9 Å². The van der Waals surface area contributed by atoms with Crippen LogP contribution in [0, 0.1) is 5.82 Å². The summed E-state index contributed by atoms with van der Waals surface area (Å²) >= 11 is 0. The number of benzene rings is 2. The Morgan fingerprint density at radius 2 is 1.96 bits per heavy atom. The molecule has 0 aliphatic carbocycles. The zero-order valence-electron chi connectivity index (χ0n) is 15.2. The summed E-state index contributed by atoms with van der Waals surface area (Å²) in [6, 6.07) is 10.7. The number of carbonyl (C=O) groups is 1. The summed E-state index contributed by atoms with van der Waals surface area (Å²) in [5.74, 6) is -0.805. The smallest absolute Gasteiger partial charge is 0.264 e. The van der Waals surface area contributed by atoms with Crippen LogP contribution in [0.1, 0.15) is 12.0 Å². The third-order valence-electron chi connectivity index (χ3n) is 4.44. The molecule has 3 rings (SSSR count). The minimum Gasteiger partial charge on any atom is -0.481 e. The number of anilines is 1. The molecule has 0 spiro atoms. The van der Waals surface area contributed by atoms with Crippen molar-refractivity contribution in [3.05, 3.63) is 53.8 Å². The van der Waals surface area contributed by atoms with Gasteiger partial charge in [-0.25, -0.2) is 17.1 Å². The van der Waals surface area contributed by atoms with E-state index in [-0.39, 0.29) is 23.2 Å². The molecule has 1 aliphatic heterocycles. The van der Waals surface area contributed by atoms with E-state index < -0.39 is 15.8 Å². The molecule has 0 atom stereocenters. The van der Waals surface area contributed by atoms with Gasteiger partial charge in [0.2, 0.25) is 10.0 Å².